The quantitative estimate of drug-likeness (QED) is 0.878. The van der Waals surface area contributed by atoms with E-state index in [0.29, 0.717) is 13.0 Å². The van der Waals surface area contributed by atoms with Gasteiger partial charge in [0.1, 0.15) is 0 Å². The molecule has 1 aromatic heterocycles. The molecular weight excluding hydrogens is 312 g/mol. The summed E-state index contributed by atoms with van der Waals surface area (Å²) in [7, 11) is -3.25. The zero-order valence-corrected chi connectivity index (χ0v) is 13.4. The minimum absolute atomic E-state index is 0.0403. The fourth-order valence-corrected chi connectivity index (χ4v) is 5.30. The molecule has 1 fully saturated rings. The number of nitrogens with one attached hydrogen (secondary N) is 1. The molecule has 1 N–H and O–H groups in total. The van der Waals surface area contributed by atoms with Gasteiger partial charge in [0.25, 0.3) is 0 Å². The van der Waals surface area contributed by atoms with E-state index in [4.69, 9.17) is 0 Å². The SMILES string of the molecule is CC(=O)NCC(=O)N1CCC(c2cccs2)S(=O)(=O)CC1. The summed E-state index contributed by atoms with van der Waals surface area (Å²) in [4.78, 5) is 25.2. The van der Waals surface area contributed by atoms with Crippen LogP contribution in [0.25, 0.3) is 0 Å². The number of hydrogen-bond donors (Lipinski definition) is 1. The maximum absolute atomic E-state index is 12.3. The zero-order valence-electron chi connectivity index (χ0n) is 11.7. The van der Waals surface area contributed by atoms with Gasteiger partial charge in [0.2, 0.25) is 11.8 Å². The Morgan fingerprint density at radius 3 is 2.81 bits per heavy atom. The lowest BCUT2D eigenvalue weighted by Crippen LogP contribution is -2.40. The van der Waals surface area contributed by atoms with Crippen LogP contribution >= 0.6 is 11.3 Å². The number of sulfone groups is 1. The maximum Gasteiger partial charge on any atom is 0.241 e. The minimum atomic E-state index is -3.25. The van der Waals surface area contributed by atoms with E-state index in [1.807, 2.05) is 17.5 Å². The topological polar surface area (TPSA) is 83.6 Å². The molecule has 0 aromatic carbocycles. The third-order valence-corrected chi connectivity index (χ3v) is 6.69. The molecule has 8 heteroatoms. The van der Waals surface area contributed by atoms with E-state index in [-0.39, 0.29) is 30.7 Å². The second-order valence-electron chi connectivity index (χ2n) is 4.95. The molecule has 1 aromatic rings. The third-order valence-electron chi connectivity index (χ3n) is 3.44. The Kier molecular flexibility index (Phi) is 5.00. The van der Waals surface area contributed by atoms with Crippen molar-refractivity contribution in [3.05, 3.63) is 22.4 Å². The van der Waals surface area contributed by atoms with Gasteiger partial charge in [-0.3, -0.25) is 9.59 Å². The predicted molar refractivity (Wildman–Crippen MR) is 80.7 cm³/mol. The Labute approximate surface area is 128 Å². The maximum atomic E-state index is 12.3. The summed E-state index contributed by atoms with van der Waals surface area (Å²) in [6.07, 6.45) is 0.397. The van der Waals surface area contributed by atoms with Gasteiger partial charge in [0, 0.05) is 24.9 Å². The van der Waals surface area contributed by atoms with Crippen molar-refractivity contribution in [1.29, 1.82) is 0 Å². The molecule has 0 bridgehead atoms. The molecule has 1 aliphatic rings. The number of carbonyl (C=O) groups is 2. The van der Waals surface area contributed by atoms with Crippen LogP contribution in [-0.4, -0.2) is 50.5 Å². The lowest BCUT2D eigenvalue weighted by molar-refractivity contribution is -0.132. The van der Waals surface area contributed by atoms with E-state index in [0.717, 1.165) is 4.88 Å². The van der Waals surface area contributed by atoms with E-state index in [2.05, 4.69) is 5.32 Å². The average molecular weight is 330 g/mol. The minimum Gasteiger partial charge on any atom is -0.347 e. The van der Waals surface area contributed by atoms with Gasteiger partial charge in [-0.1, -0.05) is 6.07 Å². The highest BCUT2D eigenvalue weighted by molar-refractivity contribution is 7.91. The standard InChI is InChI=1S/C13H18N2O4S2/c1-10(16)14-9-13(17)15-5-4-12(11-3-2-7-20-11)21(18,19)8-6-15/h2-3,7,12H,4-6,8-9H2,1H3,(H,14,16). The number of hydrogen-bond acceptors (Lipinski definition) is 5. The lowest BCUT2D eigenvalue weighted by atomic mass is 10.2. The Bertz CT molecular complexity index is 610. The molecule has 2 amide bonds. The second kappa shape index (κ2) is 6.57. The lowest BCUT2D eigenvalue weighted by Gasteiger charge is -2.19. The summed E-state index contributed by atoms with van der Waals surface area (Å²) in [6.45, 7) is 1.83. The first-order valence-corrected chi connectivity index (χ1v) is 9.27. The first kappa shape index (κ1) is 16.0. The van der Waals surface area contributed by atoms with Crippen LogP contribution in [0.3, 0.4) is 0 Å². The van der Waals surface area contributed by atoms with Crippen molar-refractivity contribution in [3.8, 4) is 0 Å². The fraction of sp³-hybridized carbons (Fsp3) is 0.538. The second-order valence-corrected chi connectivity index (χ2v) is 8.23. The summed E-state index contributed by atoms with van der Waals surface area (Å²) in [5.41, 5.74) is 0. The van der Waals surface area contributed by atoms with Crippen molar-refractivity contribution in [2.45, 2.75) is 18.6 Å². The van der Waals surface area contributed by atoms with Gasteiger partial charge >= 0.3 is 0 Å². The van der Waals surface area contributed by atoms with E-state index in [9.17, 15) is 18.0 Å². The smallest absolute Gasteiger partial charge is 0.241 e. The largest absolute Gasteiger partial charge is 0.347 e. The fourth-order valence-electron chi connectivity index (χ4n) is 2.30. The van der Waals surface area contributed by atoms with Crippen LogP contribution in [0.15, 0.2) is 17.5 Å². The molecule has 0 radical (unpaired) electrons. The van der Waals surface area contributed by atoms with E-state index >= 15 is 0 Å². The summed E-state index contributed by atoms with van der Waals surface area (Å²) in [5.74, 6) is -0.559. The van der Waals surface area contributed by atoms with Crippen LogP contribution in [0.4, 0.5) is 0 Å². The Hall–Kier alpha value is -1.41. The third kappa shape index (κ3) is 4.04. The highest BCUT2D eigenvalue weighted by Gasteiger charge is 2.33. The van der Waals surface area contributed by atoms with Gasteiger partial charge in [0.15, 0.2) is 9.84 Å². The first-order chi connectivity index (χ1) is 9.90. The molecule has 0 aliphatic carbocycles. The first-order valence-electron chi connectivity index (χ1n) is 6.67. The Morgan fingerprint density at radius 2 is 2.19 bits per heavy atom. The molecule has 21 heavy (non-hydrogen) atoms. The van der Waals surface area contributed by atoms with E-state index in [1.165, 1.54) is 23.2 Å². The predicted octanol–water partition coefficient (Wildman–Crippen LogP) is 0.572. The van der Waals surface area contributed by atoms with Gasteiger partial charge in [-0.15, -0.1) is 11.3 Å². The molecule has 1 unspecified atom stereocenters. The van der Waals surface area contributed by atoms with Gasteiger partial charge < -0.3 is 10.2 Å². The molecule has 116 valence electrons. The van der Waals surface area contributed by atoms with Crippen molar-refractivity contribution in [1.82, 2.24) is 10.2 Å². The van der Waals surface area contributed by atoms with Crippen molar-refractivity contribution in [2.24, 2.45) is 0 Å². The molecular formula is C13H18N2O4S2. The highest BCUT2D eigenvalue weighted by Crippen LogP contribution is 2.32. The monoisotopic (exact) mass is 330 g/mol. The Balaban J connectivity index is 2.06. The number of rotatable bonds is 3. The van der Waals surface area contributed by atoms with E-state index in [1.54, 1.807) is 0 Å². The molecule has 0 saturated carbocycles. The van der Waals surface area contributed by atoms with Crippen molar-refractivity contribution >= 4 is 33.0 Å². The summed E-state index contributed by atoms with van der Waals surface area (Å²) >= 11 is 1.43. The number of carbonyl (C=O) groups excluding carboxylic acids is 2. The van der Waals surface area contributed by atoms with Crippen molar-refractivity contribution in [3.63, 3.8) is 0 Å². The summed E-state index contributed by atoms with van der Waals surface area (Å²) in [6, 6.07) is 3.65. The summed E-state index contributed by atoms with van der Waals surface area (Å²) in [5, 5.41) is 3.77. The van der Waals surface area contributed by atoms with Crippen LogP contribution in [0.1, 0.15) is 23.5 Å². The zero-order chi connectivity index (χ0) is 15.5. The van der Waals surface area contributed by atoms with Crippen LogP contribution in [-0.2, 0) is 19.4 Å². The van der Waals surface area contributed by atoms with Gasteiger partial charge in [0.05, 0.1) is 17.5 Å². The molecule has 1 saturated heterocycles. The van der Waals surface area contributed by atoms with E-state index < -0.39 is 15.1 Å². The molecule has 6 nitrogen and oxygen atoms in total. The molecule has 2 rings (SSSR count). The van der Waals surface area contributed by atoms with Crippen molar-refractivity contribution in [2.75, 3.05) is 25.4 Å². The molecule has 0 spiro atoms. The van der Waals surface area contributed by atoms with Crippen LogP contribution < -0.4 is 5.32 Å². The summed E-state index contributed by atoms with van der Waals surface area (Å²) < 4.78 is 24.7. The molecule has 2 heterocycles. The normalized spacial score (nSPS) is 21.6. The van der Waals surface area contributed by atoms with Gasteiger partial charge in [-0.25, -0.2) is 8.42 Å². The number of thiophene rings is 1. The van der Waals surface area contributed by atoms with Crippen LogP contribution in [0.5, 0.6) is 0 Å². The van der Waals surface area contributed by atoms with Crippen molar-refractivity contribution < 1.29 is 18.0 Å². The van der Waals surface area contributed by atoms with Crippen LogP contribution in [0.2, 0.25) is 0 Å². The average Bonchev–Trinajstić information content (AvgIpc) is 2.88. The highest BCUT2D eigenvalue weighted by atomic mass is 32.2. The van der Waals surface area contributed by atoms with Gasteiger partial charge in [-0.05, 0) is 17.9 Å². The molecule has 1 aliphatic heterocycles. The van der Waals surface area contributed by atoms with Gasteiger partial charge in [-0.2, -0.15) is 0 Å². The number of amides is 2. The number of nitrogens with zero attached hydrogens (tertiary/aromatic N) is 1. The molecule has 1 atom stereocenters. The Morgan fingerprint density at radius 1 is 1.43 bits per heavy atom. The van der Waals surface area contributed by atoms with Crippen LogP contribution in [0, 0.1) is 0 Å².